The van der Waals surface area contributed by atoms with Crippen LogP contribution in [0.1, 0.15) is 18.9 Å². The molecule has 21 heavy (non-hydrogen) atoms. The molecular weight excluding hydrogens is 288 g/mol. The highest BCUT2D eigenvalue weighted by molar-refractivity contribution is 7.80. The van der Waals surface area contributed by atoms with Gasteiger partial charge in [-0.1, -0.05) is 24.4 Å². The summed E-state index contributed by atoms with van der Waals surface area (Å²) >= 11 is 4.96. The van der Waals surface area contributed by atoms with Crippen molar-refractivity contribution in [3.8, 4) is 5.75 Å². The average molecular weight is 308 g/mol. The first kappa shape index (κ1) is 15.7. The maximum Gasteiger partial charge on any atom is 0.258 e. The lowest BCUT2D eigenvalue weighted by atomic mass is 10.0. The van der Waals surface area contributed by atoms with E-state index in [1.54, 1.807) is 12.1 Å². The molecule has 1 aliphatic rings. The van der Waals surface area contributed by atoms with Crippen LogP contribution in [0.3, 0.4) is 0 Å². The molecule has 1 aliphatic heterocycles. The number of rotatable bonds is 6. The standard InChI is InChI=1S/C15H20N2O3S/c1-10(11-6-7-19-8-11)17-14(18)9-20-13-5-3-2-4-12(13)15(16)21/h2-5,10-11H,6-9H2,1H3,(H2,16,21)(H,17,18). The highest BCUT2D eigenvalue weighted by Crippen LogP contribution is 2.18. The number of carbonyl (C=O) groups excluding carboxylic acids is 1. The molecule has 1 amide bonds. The molecule has 2 atom stereocenters. The number of carbonyl (C=O) groups is 1. The van der Waals surface area contributed by atoms with Crippen molar-refractivity contribution >= 4 is 23.1 Å². The van der Waals surface area contributed by atoms with Crippen LogP contribution in [0.4, 0.5) is 0 Å². The Kier molecular flexibility index (Phi) is 5.52. The van der Waals surface area contributed by atoms with Gasteiger partial charge in [-0.05, 0) is 25.5 Å². The first-order chi connectivity index (χ1) is 10.1. The third-order valence-corrected chi connectivity index (χ3v) is 3.79. The third kappa shape index (κ3) is 4.41. The van der Waals surface area contributed by atoms with Gasteiger partial charge >= 0.3 is 0 Å². The molecule has 0 aromatic heterocycles. The number of nitrogens with one attached hydrogen (secondary N) is 1. The first-order valence-corrected chi connectivity index (χ1v) is 7.37. The van der Waals surface area contributed by atoms with E-state index in [0.29, 0.717) is 23.8 Å². The number of para-hydroxylation sites is 1. The fourth-order valence-electron chi connectivity index (χ4n) is 2.30. The van der Waals surface area contributed by atoms with E-state index in [-0.39, 0.29) is 23.5 Å². The molecule has 114 valence electrons. The van der Waals surface area contributed by atoms with Gasteiger partial charge < -0.3 is 20.5 Å². The topological polar surface area (TPSA) is 73.6 Å². The molecule has 1 saturated heterocycles. The zero-order chi connectivity index (χ0) is 15.2. The summed E-state index contributed by atoms with van der Waals surface area (Å²) in [6.07, 6.45) is 0.979. The van der Waals surface area contributed by atoms with Gasteiger partial charge in [0.2, 0.25) is 0 Å². The van der Waals surface area contributed by atoms with E-state index in [4.69, 9.17) is 27.4 Å². The van der Waals surface area contributed by atoms with E-state index >= 15 is 0 Å². The second-order valence-electron chi connectivity index (χ2n) is 5.13. The fraction of sp³-hybridized carbons (Fsp3) is 0.467. The van der Waals surface area contributed by atoms with E-state index in [9.17, 15) is 4.79 Å². The van der Waals surface area contributed by atoms with Crippen molar-refractivity contribution in [2.45, 2.75) is 19.4 Å². The zero-order valence-electron chi connectivity index (χ0n) is 12.0. The molecule has 1 aromatic carbocycles. The van der Waals surface area contributed by atoms with Crippen molar-refractivity contribution in [3.05, 3.63) is 29.8 Å². The minimum atomic E-state index is -0.160. The van der Waals surface area contributed by atoms with Crippen LogP contribution in [0, 0.1) is 5.92 Å². The third-order valence-electron chi connectivity index (χ3n) is 3.57. The van der Waals surface area contributed by atoms with Gasteiger partial charge in [0.05, 0.1) is 12.2 Å². The normalized spacial score (nSPS) is 19.0. The maximum absolute atomic E-state index is 11.9. The summed E-state index contributed by atoms with van der Waals surface area (Å²) in [6, 6.07) is 7.23. The van der Waals surface area contributed by atoms with Crippen LogP contribution in [-0.2, 0) is 9.53 Å². The summed E-state index contributed by atoms with van der Waals surface area (Å²) < 4.78 is 10.8. The molecule has 0 saturated carbocycles. The van der Waals surface area contributed by atoms with Crippen molar-refractivity contribution < 1.29 is 14.3 Å². The van der Waals surface area contributed by atoms with Gasteiger partial charge in [0, 0.05) is 18.6 Å². The Morgan fingerprint density at radius 1 is 1.57 bits per heavy atom. The van der Waals surface area contributed by atoms with Crippen LogP contribution in [0.15, 0.2) is 24.3 Å². The van der Waals surface area contributed by atoms with Crippen molar-refractivity contribution in [3.63, 3.8) is 0 Å². The summed E-state index contributed by atoms with van der Waals surface area (Å²) in [5, 5.41) is 2.93. The van der Waals surface area contributed by atoms with E-state index in [0.717, 1.165) is 13.0 Å². The fourth-order valence-corrected chi connectivity index (χ4v) is 2.47. The quantitative estimate of drug-likeness (QED) is 0.774. The van der Waals surface area contributed by atoms with Gasteiger partial charge in [0.25, 0.3) is 5.91 Å². The van der Waals surface area contributed by atoms with Gasteiger partial charge in [0.1, 0.15) is 10.7 Å². The molecule has 5 nitrogen and oxygen atoms in total. The number of hydrogen-bond acceptors (Lipinski definition) is 4. The molecule has 2 rings (SSSR count). The average Bonchev–Trinajstić information content (AvgIpc) is 2.99. The van der Waals surface area contributed by atoms with Crippen LogP contribution in [0.25, 0.3) is 0 Å². The molecule has 1 heterocycles. The van der Waals surface area contributed by atoms with E-state index in [1.165, 1.54) is 0 Å². The predicted octanol–water partition coefficient (Wildman–Crippen LogP) is 1.24. The Labute approximate surface area is 129 Å². The number of thiocarbonyl (C=S) groups is 1. The Balaban J connectivity index is 1.85. The number of ether oxygens (including phenoxy) is 2. The first-order valence-electron chi connectivity index (χ1n) is 6.96. The number of benzene rings is 1. The second kappa shape index (κ2) is 7.38. The summed E-state index contributed by atoms with van der Waals surface area (Å²) in [5.74, 6) is 0.738. The highest BCUT2D eigenvalue weighted by Gasteiger charge is 2.23. The van der Waals surface area contributed by atoms with E-state index in [2.05, 4.69) is 5.32 Å². The zero-order valence-corrected chi connectivity index (χ0v) is 12.8. The van der Waals surface area contributed by atoms with Crippen LogP contribution in [-0.4, -0.2) is 36.8 Å². The number of hydrogen-bond donors (Lipinski definition) is 2. The lowest BCUT2D eigenvalue weighted by Crippen LogP contribution is -2.40. The highest BCUT2D eigenvalue weighted by atomic mass is 32.1. The number of amides is 1. The van der Waals surface area contributed by atoms with Gasteiger partial charge in [0.15, 0.2) is 6.61 Å². The SMILES string of the molecule is CC(NC(=O)COc1ccccc1C(N)=S)C1CCOC1. The lowest BCUT2D eigenvalue weighted by Gasteiger charge is -2.19. The molecule has 1 aromatic rings. The summed E-state index contributed by atoms with van der Waals surface area (Å²) in [4.78, 5) is 12.2. The molecule has 0 aliphatic carbocycles. The molecule has 0 radical (unpaired) electrons. The van der Waals surface area contributed by atoms with Crippen LogP contribution in [0.2, 0.25) is 0 Å². The molecule has 3 N–H and O–H groups in total. The molecular formula is C15H20N2O3S. The maximum atomic E-state index is 11.9. The van der Waals surface area contributed by atoms with Crippen LogP contribution in [0.5, 0.6) is 5.75 Å². The molecule has 6 heteroatoms. The molecule has 1 fully saturated rings. The predicted molar refractivity (Wildman–Crippen MR) is 84.4 cm³/mol. The van der Waals surface area contributed by atoms with E-state index < -0.39 is 0 Å². The monoisotopic (exact) mass is 308 g/mol. The summed E-state index contributed by atoms with van der Waals surface area (Å²) in [5.41, 5.74) is 6.26. The summed E-state index contributed by atoms with van der Waals surface area (Å²) in [7, 11) is 0. The smallest absolute Gasteiger partial charge is 0.258 e. The Hall–Kier alpha value is -1.66. The van der Waals surface area contributed by atoms with Crippen molar-refractivity contribution in [2.24, 2.45) is 11.7 Å². The van der Waals surface area contributed by atoms with Crippen molar-refractivity contribution in [1.29, 1.82) is 0 Å². The lowest BCUT2D eigenvalue weighted by molar-refractivity contribution is -0.124. The van der Waals surface area contributed by atoms with Gasteiger partial charge in [-0.25, -0.2) is 0 Å². The van der Waals surface area contributed by atoms with Gasteiger partial charge in [-0.3, -0.25) is 4.79 Å². The largest absolute Gasteiger partial charge is 0.483 e. The molecule has 2 unspecified atom stereocenters. The molecule has 0 spiro atoms. The van der Waals surface area contributed by atoms with Gasteiger partial charge in [-0.15, -0.1) is 0 Å². The Morgan fingerprint density at radius 3 is 3.00 bits per heavy atom. The van der Waals surface area contributed by atoms with Gasteiger partial charge in [-0.2, -0.15) is 0 Å². The van der Waals surface area contributed by atoms with Crippen molar-refractivity contribution in [2.75, 3.05) is 19.8 Å². The van der Waals surface area contributed by atoms with Crippen LogP contribution >= 0.6 is 12.2 Å². The van der Waals surface area contributed by atoms with Crippen LogP contribution < -0.4 is 15.8 Å². The Morgan fingerprint density at radius 2 is 2.33 bits per heavy atom. The Bertz CT molecular complexity index is 515. The minimum absolute atomic E-state index is 0.0580. The van der Waals surface area contributed by atoms with E-state index in [1.807, 2.05) is 19.1 Å². The molecule has 0 bridgehead atoms. The minimum Gasteiger partial charge on any atom is -0.483 e. The summed E-state index contributed by atoms with van der Waals surface area (Å²) in [6.45, 7) is 3.40. The second-order valence-corrected chi connectivity index (χ2v) is 5.57. The number of nitrogens with two attached hydrogens (primary N) is 1. The van der Waals surface area contributed by atoms with Crippen molar-refractivity contribution in [1.82, 2.24) is 5.32 Å².